The monoisotopic (exact) mass is 473 g/mol. The van der Waals surface area contributed by atoms with Gasteiger partial charge in [-0.1, -0.05) is 67.9 Å². The maximum Gasteiger partial charge on any atom is 0.414 e. The number of unbranched alkanes of at least 4 members (excludes halogenated alkanes) is 1. The van der Waals surface area contributed by atoms with Crippen LogP contribution in [-0.4, -0.2) is 24.6 Å². The van der Waals surface area contributed by atoms with Gasteiger partial charge >= 0.3 is 6.09 Å². The van der Waals surface area contributed by atoms with Crippen molar-refractivity contribution in [1.29, 1.82) is 0 Å². The van der Waals surface area contributed by atoms with Crippen molar-refractivity contribution >= 4 is 28.2 Å². The van der Waals surface area contributed by atoms with E-state index in [4.69, 9.17) is 9.47 Å². The van der Waals surface area contributed by atoms with Crippen LogP contribution in [0, 0.1) is 0 Å². The van der Waals surface area contributed by atoms with E-state index in [-0.39, 0.29) is 12.2 Å². The molecule has 1 amide bonds. The molecule has 0 saturated carbocycles. The van der Waals surface area contributed by atoms with Crippen molar-refractivity contribution in [3.05, 3.63) is 94.7 Å². The van der Waals surface area contributed by atoms with Gasteiger partial charge in [-0.15, -0.1) is 11.3 Å². The molecule has 4 aromatic rings. The second-order valence-electron chi connectivity index (χ2n) is 8.44. The number of para-hydroxylation sites is 1. The Morgan fingerprint density at radius 1 is 1.00 bits per heavy atom. The summed E-state index contributed by atoms with van der Waals surface area (Å²) in [5.41, 5.74) is 1.35. The Hall–Kier alpha value is -3.31. The van der Waals surface area contributed by atoms with Gasteiger partial charge in [0.25, 0.3) is 0 Å². The van der Waals surface area contributed by atoms with Crippen LogP contribution in [0.5, 0.6) is 11.5 Å². The molecule has 34 heavy (non-hydrogen) atoms. The molecule has 0 unspecified atom stereocenters. The number of rotatable bonds is 10. The summed E-state index contributed by atoms with van der Waals surface area (Å²) in [6.07, 6.45) is 3.58. The number of ether oxygens (including phenoxy) is 2. The molecule has 4 rings (SSSR count). The maximum absolute atomic E-state index is 12.6. The van der Waals surface area contributed by atoms with Gasteiger partial charge in [0, 0.05) is 30.3 Å². The minimum Gasteiger partial charge on any atom is -0.484 e. The van der Waals surface area contributed by atoms with Crippen molar-refractivity contribution in [2.75, 3.05) is 13.6 Å². The highest BCUT2D eigenvalue weighted by atomic mass is 32.1. The smallest absolute Gasteiger partial charge is 0.414 e. The topological polar surface area (TPSA) is 38.8 Å². The summed E-state index contributed by atoms with van der Waals surface area (Å²) in [5, 5.41) is 4.48. The normalized spacial score (nSPS) is 11.8. The molecule has 1 heterocycles. The molecular formula is C29H31NO3S. The summed E-state index contributed by atoms with van der Waals surface area (Å²) in [6, 6.07) is 25.8. The van der Waals surface area contributed by atoms with Crippen LogP contribution in [0.1, 0.15) is 42.7 Å². The van der Waals surface area contributed by atoms with Crippen LogP contribution in [0.4, 0.5) is 4.79 Å². The highest BCUT2D eigenvalue weighted by Crippen LogP contribution is 2.34. The van der Waals surface area contributed by atoms with E-state index in [1.54, 1.807) is 35.4 Å². The number of fused-ring (bicyclic) bond motifs is 1. The summed E-state index contributed by atoms with van der Waals surface area (Å²) in [5.74, 6) is 1.41. The lowest BCUT2D eigenvalue weighted by Gasteiger charge is -2.23. The van der Waals surface area contributed by atoms with E-state index in [0.29, 0.717) is 18.7 Å². The van der Waals surface area contributed by atoms with Gasteiger partial charge < -0.3 is 14.4 Å². The molecular weight excluding hydrogens is 442 g/mol. The molecule has 0 aliphatic rings. The zero-order valence-electron chi connectivity index (χ0n) is 19.8. The Bertz CT molecular complexity index is 1200. The molecule has 0 bridgehead atoms. The average molecular weight is 474 g/mol. The molecule has 0 aliphatic carbocycles. The van der Waals surface area contributed by atoms with E-state index in [1.165, 1.54) is 23.3 Å². The third-order valence-corrected chi connectivity index (χ3v) is 6.89. The van der Waals surface area contributed by atoms with E-state index >= 15 is 0 Å². The lowest BCUT2D eigenvalue weighted by Crippen LogP contribution is -2.31. The molecule has 176 valence electrons. The van der Waals surface area contributed by atoms with Crippen LogP contribution >= 0.6 is 11.3 Å². The van der Waals surface area contributed by atoms with Crippen molar-refractivity contribution in [1.82, 2.24) is 4.90 Å². The third kappa shape index (κ3) is 6.17. The van der Waals surface area contributed by atoms with Gasteiger partial charge in [-0.05, 0) is 53.4 Å². The predicted molar refractivity (Wildman–Crippen MR) is 140 cm³/mol. The first-order chi connectivity index (χ1) is 16.6. The van der Waals surface area contributed by atoms with Gasteiger partial charge in [0.2, 0.25) is 0 Å². The fourth-order valence-electron chi connectivity index (χ4n) is 3.86. The largest absolute Gasteiger partial charge is 0.484 e. The number of hydrogen-bond donors (Lipinski definition) is 0. The number of aryl methyl sites for hydroxylation is 1. The van der Waals surface area contributed by atoms with Crippen molar-refractivity contribution in [2.24, 2.45) is 0 Å². The van der Waals surface area contributed by atoms with Gasteiger partial charge in [0.05, 0.1) is 0 Å². The summed E-state index contributed by atoms with van der Waals surface area (Å²) >= 11 is 1.74. The summed E-state index contributed by atoms with van der Waals surface area (Å²) < 4.78 is 12.1. The zero-order valence-corrected chi connectivity index (χ0v) is 20.6. The van der Waals surface area contributed by atoms with Crippen molar-refractivity contribution < 1.29 is 14.3 Å². The van der Waals surface area contributed by atoms with Crippen LogP contribution in [0.2, 0.25) is 0 Å². The molecule has 1 aromatic heterocycles. The minimum absolute atomic E-state index is 0.154. The molecule has 0 saturated heterocycles. The summed E-state index contributed by atoms with van der Waals surface area (Å²) in [4.78, 5) is 15.4. The third-order valence-electron chi connectivity index (χ3n) is 5.82. The van der Waals surface area contributed by atoms with E-state index in [2.05, 4.69) is 36.6 Å². The van der Waals surface area contributed by atoms with Crippen LogP contribution in [-0.2, 0) is 6.42 Å². The molecule has 0 radical (unpaired) electrons. The average Bonchev–Trinajstić information content (AvgIpc) is 3.34. The lowest BCUT2D eigenvalue weighted by molar-refractivity contribution is 0.147. The number of thiophene rings is 1. The first-order valence-corrected chi connectivity index (χ1v) is 12.7. The van der Waals surface area contributed by atoms with Gasteiger partial charge in [-0.25, -0.2) is 4.79 Å². The molecule has 0 spiro atoms. The van der Waals surface area contributed by atoms with Crippen LogP contribution in [0.25, 0.3) is 10.8 Å². The zero-order chi connectivity index (χ0) is 23.8. The van der Waals surface area contributed by atoms with Gasteiger partial charge in [-0.2, -0.15) is 0 Å². The standard InChI is InChI=1S/C29H31NO3S/c1-3-4-11-22-20-28(34-21-22)27(33-26-17-10-13-23-12-8-9-16-25(23)26)18-19-30(2)29(31)32-24-14-6-5-7-15-24/h5-10,12-17,20-21,27H,3-4,11,18-19H2,1-2H3/t27-/m0/s1. The Balaban J connectivity index is 1.50. The van der Waals surface area contributed by atoms with Gasteiger partial charge in [0.15, 0.2) is 0 Å². The number of benzene rings is 3. The fraction of sp³-hybridized carbons (Fsp3) is 0.276. The summed E-state index contributed by atoms with van der Waals surface area (Å²) in [6.45, 7) is 2.73. The lowest BCUT2D eigenvalue weighted by atomic mass is 10.1. The SMILES string of the molecule is CCCCc1csc([C@H](CCN(C)C(=O)Oc2ccccc2)Oc2cccc3ccccc23)c1. The summed E-state index contributed by atoms with van der Waals surface area (Å²) in [7, 11) is 1.77. The highest BCUT2D eigenvalue weighted by Gasteiger charge is 2.20. The number of nitrogens with zero attached hydrogens (tertiary/aromatic N) is 1. The van der Waals surface area contributed by atoms with E-state index in [9.17, 15) is 4.79 Å². The first-order valence-electron chi connectivity index (χ1n) is 11.8. The Kier molecular flexibility index (Phi) is 8.21. The van der Waals surface area contributed by atoms with Crippen LogP contribution in [0.3, 0.4) is 0 Å². The molecule has 5 heteroatoms. The van der Waals surface area contributed by atoms with E-state index in [1.807, 2.05) is 42.5 Å². The van der Waals surface area contributed by atoms with Gasteiger partial charge in [0.1, 0.15) is 17.6 Å². The molecule has 0 fully saturated rings. The first kappa shape index (κ1) is 23.8. The predicted octanol–water partition coefficient (Wildman–Crippen LogP) is 7.88. The number of carbonyl (C=O) groups is 1. The van der Waals surface area contributed by atoms with Crippen molar-refractivity contribution in [3.8, 4) is 11.5 Å². The number of hydrogen-bond acceptors (Lipinski definition) is 4. The molecule has 1 atom stereocenters. The Morgan fingerprint density at radius 2 is 1.76 bits per heavy atom. The molecule has 3 aromatic carbocycles. The fourth-order valence-corrected chi connectivity index (χ4v) is 4.87. The van der Waals surface area contributed by atoms with Crippen LogP contribution in [0.15, 0.2) is 84.2 Å². The Labute approximate surface area is 205 Å². The number of amides is 1. The highest BCUT2D eigenvalue weighted by molar-refractivity contribution is 7.10. The Morgan fingerprint density at radius 3 is 2.59 bits per heavy atom. The minimum atomic E-state index is -0.370. The van der Waals surface area contributed by atoms with Crippen LogP contribution < -0.4 is 9.47 Å². The van der Waals surface area contributed by atoms with Crippen molar-refractivity contribution in [2.45, 2.75) is 38.7 Å². The molecule has 0 aliphatic heterocycles. The second-order valence-corrected chi connectivity index (χ2v) is 9.38. The van der Waals surface area contributed by atoms with E-state index in [0.717, 1.165) is 22.9 Å². The number of carbonyl (C=O) groups excluding carboxylic acids is 1. The maximum atomic E-state index is 12.6. The molecule has 4 nitrogen and oxygen atoms in total. The van der Waals surface area contributed by atoms with Crippen molar-refractivity contribution in [3.63, 3.8) is 0 Å². The van der Waals surface area contributed by atoms with Gasteiger partial charge in [-0.3, -0.25) is 0 Å². The quantitative estimate of drug-likeness (QED) is 0.235. The second kappa shape index (κ2) is 11.7. The van der Waals surface area contributed by atoms with E-state index < -0.39 is 0 Å². The molecule has 0 N–H and O–H groups in total.